The average Bonchev–Trinajstić information content (AvgIpc) is 2.74. The SMILES string of the molecule is Cc1ccc(Oc2cccc(C34CCC(CCOCC(=O)O)(CC3)CO4)c2)cn1. The van der Waals surface area contributed by atoms with E-state index in [1.165, 1.54) is 0 Å². The number of pyridine rings is 1. The van der Waals surface area contributed by atoms with Crippen LogP contribution in [0.25, 0.3) is 0 Å². The maximum absolute atomic E-state index is 10.6. The first-order valence-electron chi connectivity index (χ1n) is 10.1. The largest absolute Gasteiger partial charge is 0.480 e. The molecule has 6 nitrogen and oxygen atoms in total. The fourth-order valence-electron chi connectivity index (χ4n) is 4.40. The highest BCUT2D eigenvalue weighted by Crippen LogP contribution is 2.55. The molecule has 1 N–H and O–H groups in total. The van der Waals surface area contributed by atoms with Gasteiger partial charge in [-0.1, -0.05) is 12.1 Å². The molecule has 154 valence electrons. The molecule has 2 bridgehead atoms. The Labute approximate surface area is 170 Å². The number of hydrogen-bond acceptors (Lipinski definition) is 5. The van der Waals surface area contributed by atoms with Crippen molar-refractivity contribution >= 4 is 5.97 Å². The molecule has 0 amide bonds. The normalized spacial score (nSPS) is 25.7. The summed E-state index contributed by atoms with van der Waals surface area (Å²) in [7, 11) is 0. The summed E-state index contributed by atoms with van der Waals surface area (Å²) in [6.45, 7) is 2.88. The van der Waals surface area contributed by atoms with Gasteiger partial charge in [0.2, 0.25) is 0 Å². The van der Waals surface area contributed by atoms with Crippen LogP contribution in [0.15, 0.2) is 42.6 Å². The lowest BCUT2D eigenvalue weighted by atomic mass is 9.63. The van der Waals surface area contributed by atoms with Gasteiger partial charge in [0.1, 0.15) is 18.1 Å². The van der Waals surface area contributed by atoms with Crippen LogP contribution in [-0.4, -0.2) is 35.9 Å². The number of carbonyl (C=O) groups is 1. The van der Waals surface area contributed by atoms with E-state index >= 15 is 0 Å². The van der Waals surface area contributed by atoms with E-state index in [1.807, 2.05) is 31.2 Å². The number of aliphatic carboxylic acids is 1. The van der Waals surface area contributed by atoms with Gasteiger partial charge in [0.05, 0.1) is 18.4 Å². The summed E-state index contributed by atoms with van der Waals surface area (Å²) in [6.07, 6.45) is 6.63. The maximum Gasteiger partial charge on any atom is 0.329 e. The summed E-state index contributed by atoms with van der Waals surface area (Å²) < 4.78 is 17.7. The number of benzene rings is 1. The Morgan fingerprint density at radius 3 is 2.66 bits per heavy atom. The van der Waals surface area contributed by atoms with Gasteiger partial charge < -0.3 is 19.3 Å². The fraction of sp³-hybridized carbons (Fsp3) is 0.478. The number of hydrogen-bond donors (Lipinski definition) is 1. The summed E-state index contributed by atoms with van der Waals surface area (Å²) in [4.78, 5) is 14.9. The molecule has 5 rings (SSSR count). The van der Waals surface area contributed by atoms with Crippen molar-refractivity contribution in [3.05, 3.63) is 53.9 Å². The molecule has 1 aliphatic carbocycles. The smallest absolute Gasteiger partial charge is 0.329 e. The first kappa shape index (κ1) is 19.9. The van der Waals surface area contributed by atoms with E-state index in [2.05, 4.69) is 17.1 Å². The quantitative estimate of drug-likeness (QED) is 0.663. The first-order valence-corrected chi connectivity index (χ1v) is 10.1. The van der Waals surface area contributed by atoms with E-state index < -0.39 is 5.97 Å². The van der Waals surface area contributed by atoms with Crippen molar-refractivity contribution in [2.75, 3.05) is 19.8 Å². The molecule has 3 heterocycles. The predicted octanol–water partition coefficient (Wildman–Crippen LogP) is 4.46. The summed E-state index contributed by atoms with van der Waals surface area (Å²) in [5, 5.41) is 8.70. The van der Waals surface area contributed by atoms with Crippen LogP contribution >= 0.6 is 0 Å². The molecule has 0 spiro atoms. The van der Waals surface area contributed by atoms with Crippen LogP contribution in [-0.2, 0) is 19.9 Å². The first-order chi connectivity index (χ1) is 14.0. The second kappa shape index (κ2) is 8.13. The average molecular weight is 397 g/mol. The third kappa shape index (κ3) is 4.43. The molecular formula is C23H27NO5. The molecule has 2 aromatic rings. The Morgan fingerprint density at radius 1 is 1.17 bits per heavy atom. The van der Waals surface area contributed by atoms with Gasteiger partial charge in [-0.05, 0) is 74.3 Å². The number of carboxylic acids is 1. The predicted molar refractivity (Wildman–Crippen MR) is 107 cm³/mol. The highest BCUT2D eigenvalue weighted by Gasteiger charge is 2.50. The second-order valence-electron chi connectivity index (χ2n) is 8.24. The lowest BCUT2D eigenvalue weighted by Crippen LogP contribution is -2.49. The number of nitrogens with zero attached hydrogens (tertiary/aromatic N) is 1. The number of carboxylic acid groups (broad SMARTS) is 1. The van der Waals surface area contributed by atoms with E-state index in [0.717, 1.165) is 54.9 Å². The Morgan fingerprint density at radius 2 is 2.00 bits per heavy atom. The van der Waals surface area contributed by atoms with Crippen LogP contribution in [0.5, 0.6) is 11.5 Å². The molecule has 0 atom stereocenters. The standard InChI is InChI=1S/C23H27NO5/c1-17-5-6-20(14-24-17)29-19-4-2-3-18(13-19)23-9-7-22(8-10-23,16-28-23)11-12-27-15-21(25)26/h2-6,13-14H,7-12,15-16H2,1H3,(H,25,26). The van der Waals surface area contributed by atoms with E-state index in [1.54, 1.807) is 6.20 Å². The van der Waals surface area contributed by atoms with Gasteiger partial charge >= 0.3 is 5.97 Å². The van der Waals surface area contributed by atoms with Crippen molar-refractivity contribution in [1.82, 2.24) is 4.98 Å². The van der Waals surface area contributed by atoms with Crippen molar-refractivity contribution in [2.24, 2.45) is 5.41 Å². The Balaban J connectivity index is 1.40. The summed E-state index contributed by atoms with van der Waals surface area (Å²) in [6, 6.07) is 12.0. The van der Waals surface area contributed by atoms with Crippen LogP contribution in [0.3, 0.4) is 0 Å². The van der Waals surface area contributed by atoms with E-state index in [0.29, 0.717) is 13.2 Å². The maximum atomic E-state index is 10.6. The zero-order valence-electron chi connectivity index (χ0n) is 16.7. The van der Waals surface area contributed by atoms with E-state index in [-0.39, 0.29) is 17.6 Å². The molecule has 1 saturated carbocycles. The monoisotopic (exact) mass is 397 g/mol. The number of fused-ring (bicyclic) bond motifs is 3. The van der Waals surface area contributed by atoms with Crippen LogP contribution in [0.2, 0.25) is 0 Å². The highest BCUT2D eigenvalue weighted by atomic mass is 16.5. The number of aromatic nitrogens is 1. The summed E-state index contributed by atoms with van der Waals surface area (Å²) in [5.74, 6) is 0.586. The van der Waals surface area contributed by atoms with Crippen molar-refractivity contribution in [3.63, 3.8) is 0 Å². The number of aryl methyl sites for hydroxylation is 1. The molecular weight excluding hydrogens is 370 g/mol. The molecule has 6 heteroatoms. The molecule has 3 fully saturated rings. The molecule has 2 saturated heterocycles. The van der Waals surface area contributed by atoms with Crippen molar-refractivity contribution in [3.8, 4) is 11.5 Å². The minimum absolute atomic E-state index is 0.113. The molecule has 29 heavy (non-hydrogen) atoms. The molecule has 1 aromatic carbocycles. The van der Waals surface area contributed by atoms with Gasteiger partial charge in [0, 0.05) is 12.3 Å². The minimum Gasteiger partial charge on any atom is -0.480 e. The zero-order chi connectivity index (χ0) is 20.3. The highest BCUT2D eigenvalue weighted by molar-refractivity contribution is 5.67. The minimum atomic E-state index is -0.923. The lowest BCUT2D eigenvalue weighted by molar-refractivity contribution is -0.194. The van der Waals surface area contributed by atoms with Crippen molar-refractivity contribution in [2.45, 2.75) is 44.6 Å². The van der Waals surface area contributed by atoms with Crippen LogP contribution in [0, 0.1) is 12.3 Å². The van der Waals surface area contributed by atoms with Gasteiger partial charge in [0.25, 0.3) is 0 Å². The van der Waals surface area contributed by atoms with Gasteiger partial charge in [-0.3, -0.25) is 4.98 Å². The third-order valence-electron chi connectivity index (χ3n) is 6.26. The van der Waals surface area contributed by atoms with E-state index in [4.69, 9.17) is 19.3 Å². The summed E-state index contributed by atoms with van der Waals surface area (Å²) in [5.41, 5.74) is 1.97. The van der Waals surface area contributed by atoms with Crippen molar-refractivity contribution < 1.29 is 24.1 Å². The number of ether oxygens (including phenoxy) is 3. The van der Waals surface area contributed by atoms with Gasteiger partial charge in [0.15, 0.2) is 0 Å². The Bertz CT molecular complexity index is 839. The van der Waals surface area contributed by atoms with Gasteiger partial charge in [-0.25, -0.2) is 4.79 Å². The molecule has 0 radical (unpaired) electrons. The molecule has 3 aliphatic rings. The lowest BCUT2D eigenvalue weighted by Gasteiger charge is -2.53. The number of rotatable bonds is 8. The molecule has 0 unspecified atom stereocenters. The summed E-state index contributed by atoms with van der Waals surface area (Å²) >= 11 is 0. The zero-order valence-corrected chi connectivity index (χ0v) is 16.7. The van der Waals surface area contributed by atoms with Crippen LogP contribution < -0.4 is 4.74 Å². The Hall–Kier alpha value is -2.44. The van der Waals surface area contributed by atoms with Gasteiger partial charge in [-0.15, -0.1) is 0 Å². The third-order valence-corrected chi connectivity index (χ3v) is 6.26. The second-order valence-corrected chi connectivity index (χ2v) is 8.24. The molecule has 2 aliphatic heterocycles. The Kier molecular flexibility index (Phi) is 5.56. The van der Waals surface area contributed by atoms with Crippen LogP contribution in [0.4, 0.5) is 0 Å². The van der Waals surface area contributed by atoms with Crippen LogP contribution in [0.1, 0.15) is 43.4 Å². The topological polar surface area (TPSA) is 77.9 Å². The molecule has 1 aromatic heterocycles. The van der Waals surface area contributed by atoms with Gasteiger partial charge in [-0.2, -0.15) is 0 Å². The van der Waals surface area contributed by atoms with Crippen molar-refractivity contribution in [1.29, 1.82) is 0 Å². The fourth-order valence-corrected chi connectivity index (χ4v) is 4.40. The van der Waals surface area contributed by atoms with E-state index in [9.17, 15) is 4.79 Å².